The minimum absolute atomic E-state index is 0. The van der Waals surface area contributed by atoms with Gasteiger partial charge in [-0.25, -0.2) is 0 Å². The van der Waals surface area contributed by atoms with Gasteiger partial charge in [-0.05, 0) is 61.9 Å². The second kappa shape index (κ2) is 10.7. The van der Waals surface area contributed by atoms with Crippen LogP contribution in [0.5, 0.6) is 0 Å². The lowest BCUT2D eigenvalue weighted by Crippen LogP contribution is -2.45. The summed E-state index contributed by atoms with van der Waals surface area (Å²) in [7, 11) is 0. The molecule has 28 heavy (non-hydrogen) atoms. The zero-order valence-electron chi connectivity index (χ0n) is 16.4. The predicted molar refractivity (Wildman–Crippen MR) is 116 cm³/mol. The second-order valence-electron chi connectivity index (χ2n) is 8.20. The second-order valence-corrected chi connectivity index (χ2v) is 8.20. The van der Waals surface area contributed by atoms with Gasteiger partial charge in [0.2, 0.25) is 5.91 Å². The molecule has 1 atom stereocenters. The molecule has 2 N–H and O–H groups in total. The Kier molecular flexibility index (Phi) is 8.96. The molecular formula is C20H33Cl2N5O. The van der Waals surface area contributed by atoms with Crippen LogP contribution in [0.2, 0.25) is 0 Å². The molecule has 3 aliphatic heterocycles. The Morgan fingerprint density at radius 1 is 1.11 bits per heavy atom. The van der Waals surface area contributed by atoms with E-state index >= 15 is 0 Å². The Hall–Kier alpha value is -0.920. The van der Waals surface area contributed by atoms with E-state index in [1.165, 1.54) is 18.4 Å². The standard InChI is InChI=1S/C20H31N5O.2ClH/c26-19(18-14-20(16-23-18)4-8-22-9-5-20)25-11-1-10-24(12-13-25)15-17-2-6-21-7-3-17;;/h2-3,6-7,18,22-23H,1,4-5,8-16H2;2*1H. The highest BCUT2D eigenvalue weighted by atomic mass is 35.5. The van der Waals surface area contributed by atoms with Gasteiger partial charge in [-0.15, -0.1) is 24.8 Å². The summed E-state index contributed by atoms with van der Waals surface area (Å²) in [5.74, 6) is 0.325. The Labute approximate surface area is 180 Å². The van der Waals surface area contributed by atoms with Crippen LogP contribution in [0.1, 0.15) is 31.2 Å². The molecule has 3 saturated heterocycles. The molecule has 1 amide bonds. The summed E-state index contributed by atoms with van der Waals surface area (Å²) in [5.41, 5.74) is 1.65. The zero-order chi connectivity index (χ0) is 17.8. The average Bonchev–Trinajstić information content (AvgIpc) is 2.93. The van der Waals surface area contributed by atoms with Crippen molar-refractivity contribution in [2.75, 3.05) is 45.8 Å². The normalized spacial score (nSPS) is 24.9. The highest BCUT2D eigenvalue weighted by molar-refractivity contribution is 5.85. The molecule has 1 aromatic rings. The third kappa shape index (κ3) is 5.57. The van der Waals surface area contributed by atoms with E-state index in [0.29, 0.717) is 11.3 Å². The molecule has 1 spiro atoms. The minimum atomic E-state index is 0. The fourth-order valence-corrected chi connectivity index (χ4v) is 4.75. The molecule has 158 valence electrons. The van der Waals surface area contributed by atoms with Crippen molar-refractivity contribution in [1.82, 2.24) is 25.4 Å². The molecule has 1 aromatic heterocycles. The number of hydrogen-bond donors (Lipinski definition) is 2. The number of rotatable bonds is 3. The Morgan fingerprint density at radius 3 is 2.61 bits per heavy atom. The number of nitrogens with one attached hydrogen (secondary N) is 2. The van der Waals surface area contributed by atoms with E-state index < -0.39 is 0 Å². The topological polar surface area (TPSA) is 60.5 Å². The number of piperidine rings is 1. The van der Waals surface area contributed by atoms with E-state index in [2.05, 4.69) is 37.6 Å². The molecule has 0 bridgehead atoms. The Bertz CT molecular complexity index is 612. The van der Waals surface area contributed by atoms with E-state index in [-0.39, 0.29) is 30.9 Å². The van der Waals surface area contributed by atoms with Gasteiger partial charge in [0.15, 0.2) is 0 Å². The number of hydrogen-bond acceptors (Lipinski definition) is 5. The SMILES string of the molecule is Cl.Cl.O=C(C1CC2(CCNCC2)CN1)N1CCCN(Cc2ccncc2)CC1. The van der Waals surface area contributed by atoms with E-state index in [1.54, 1.807) is 0 Å². The fourth-order valence-electron chi connectivity index (χ4n) is 4.75. The highest BCUT2D eigenvalue weighted by Crippen LogP contribution is 2.37. The van der Waals surface area contributed by atoms with Gasteiger partial charge in [-0.2, -0.15) is 0 Å². The van der Waals surface area contributed by atoms with Crippen LogP contribution in [0.4, 0.5) is 0 Å². The smallest absolute Gasteiger partial charge is 0.239 e. The molecule has 0 radical (unpaired) electrons. The highest BCUT2D eigenvalue weighted by Gasteiger charge is 2.43. The number of aromatic nitrogens is 1. The summed E-state index contributed by atoms with van der Waals surface area (Å²) in [6.45, 7) is 7.88. The van der Waals surface area contributed by atoms with Crippen LogP contribution in [0.15, 0.2) is 24.5 Å². The van der Waals surface area contributed by atoms with Crippen LogP contribution in [-0.2, 0) is 11.3 Å². The van der Waals surface area contributed by atoms with Gasteiger partial charge in [0, 0.05) is 51.7 Å². The predicted octanol–water partition coefficient (Wildman–Crippen LogP) is 1.69. The maximum Gasteiger partial charge on any atom is 0.239 e. The van der Waals surface area contributed by atoms with Gasteiger partial charge in [0.05, 0.1) is 6.04 Å². The van der Waals surface area contributed by atoms with Crippen LogP contribution >= 0.6 is 24.8 Å². The van der Waals surface area contributed by atoms with Gasteiger partial charge in [-0.1, -0.05) is 0 Å². The van der Waals surface area contributed by atoms with Crippen molar-refractivity contribution in [3.05, 3.63) is 30.1 Å². The molecule has 3 fully saturated rings. The number of carbonyl (C=O) groups is 1. The molecule has 3 aliphatic rings. The first-order valence-electron chi connectivity index (χ1n) is 10.1. The van der Waals surface area contributed by atoms with Crippen LogP contribution < -0.4 is 10.6 Å². The molecule has 6 nitrogen and oxygen atoms in total. The van der Waals surface area contributed by atoms with Crippen LogP contribution in [0.25, 0.3) is 0 Å². The number of pyridine rings is 1. The molecule has 8 heteroatoms. The van der Waals surface area contributed by atoms with Gasteiger partial charge in [0.25, 0.3) is 0 Å². The lowest BCUT2D eigenvalue weighted by molar-refractivity contribution is -0.133. The summed E-state index contributed by atoms with van der Waals surface area (Å²) < 4.78 is 0. The summed E-state index contributed by atoms with van der Waals surface area (Å²) in [6.07, 6.45) is 8.17. The first-order valence-corrected chi connectivity index (χ1v) is 10.1. The molecule has 4 heterocycles. The molecule has 0 aliphatic carbocycles. The Balaban J connectivity index is 0.00000140. The van der Waals surface area contributed by atoms with Crippen molar-refractivity contribution >= 4 is 30.7 Å². The first-order chi connectivity index (χ1) is 12.7. The number of amides is 1. The van der Waals surface area contributed by atoms with Crippen molar-refractivity contribution < 1.29 is 4.79 Å². The molecule has 4 rings (SSSR count). The lowest BCUT2D eigenvalue weighted by atomic mass is 9.77. The first kappa shape index (κ1) is 23.4. The van der Waals surface area contributed by atoms with Crippen molar-refractivity contribution in [3.63, 3.8) is 0 Å². The monoisotopic (exact) mass is 429 g/mol. The minimum Gasteiger partial charge on any atom is -0.340 e. The zero-order valence-corrected chi connectivity index (χ0v) is 18.1. The maximum absolute atomic E-state index is 13.1. The maximum atomic E-state index is 13.1. The Morgan fingerprint density at radius 2 is 1.86 bits per heavy atom. The van der Waals surface area contributed by atoms with Crippen LogP contribution in [0, 0.1) is 5.41 Å². The number of halogens is 2. The number of carbonyl (C=O) groups excluding carboxylic acids is 1. The largest absolute Gasteiger partial charge is 0.340 e. The van der Waals surface area contributed by atoms with Crippen molar-refractivity contribution in [3.8, 4) is 0 Å². The lowest BCUT2D eigenvalue weighted by Gasteiger charge is -2.33. The molecular weight excluding hydrogens is 397 g/mol. The van der Waals surface area contributed by atoms with Gasteiger partial charge in [0.1, 0.15) is 0 Å². The quantitative estimate of drug-likeness (QED) is 0.765. The third-order valence-corrected chi connectivity index (χ3v) is 6.38. The number of nitrogens with zero attached hydrogens (tertiary/aromatic N) is 3. The van der Waals surface area contributed by atoms with Crippen molar-refractivity contribution in [2.24, 2.45) is 5.41 Å². The van der Waals surface area contributed by atoms with E-state index in [0.717, 1.165) is 65.2 Å². The van der Waals surface area contributed by atoms with Crippen LogP contribution in [0.3, 0.4) is 0 Å². The van der Waals surface area contributed by atoms with Gasteiger partial charge < -0.3 is 15.5 Å². The summed E-state index contributed by atoms with van der Waals surface area (Å²) in [4.78, 5) is 21.7. The third-order valence-electron chi connectivity index (χ3n) is 6.38. The summed E-state index contributed by atoms with van der Waals surface area (Å²) in [5, 5.41) is 6.99. The van der Waals surface area contributed by atoms with Crippen LogP contribution in [-0.4, -0.2) is 72.5 Å². The van der Waals surface area contributed by atoms with Crippen molar-refractivity contribution in [2.45, 2.75) is 38.3 Å². The fraction of sp³-hybridized carbons (Fsp3) is 0.700. The van der Waals surface area contributed by atoms with Gasteiger partial charge in [-0.3, -0.25) is 14.7 Å². The van der Waals surface area contributed by atoms with E-state index in [1.807, 2.05) is 12.4 Å². The molecule has 0 aromatic carbocycles. The summed E-state index contributed by atoms with van der Waals surface area (Å²) >= 11 is 0. The average molecular weight is 430 g/mol. The van der Waals surface area contributed by atoms with E-state index in [9.17, 15) is 4.79 Å². The van der Waals surface area contributed by atoms with E-state index in [4.69, 9.17) is 0 Å². The molecule has 1 unspecified atom stereocenters. The van der Waals surface area contributed by atoms with Crippen molar-refractivity contribution in [1.29, 1.82) is 0 Å². The molecule has 0 saturated carbocycles. The van der Waals surface area contributed by atoms with Gasteiger partial charge >= 0.3 is 0 Å². The summed E-state index contributed by atoms with van der Waals surface area (Å²) in [6, 6.07) is 4.18.